The predicted octanol–water partition coefficient (Wildman–Crippen LogP) is 1.17. The first-order valence-corrected chi connectivity index (χ1v) is 8.36. The second-order valence-electron chi connectivity index (χ2n) is 5.26. The number of aryl methyl sites for hydroxylation is 1. The molecule has 0 amide bonds. The minimum absolute atomic E-state index is 0.0396. The van der Waals surface area contributed by atoms with Crippen LogP contribution in [0.5, 0.6) is 0 Å². The van der Waals surface area contributed by atoms with E-state index in [0.29, 0.717) is 17.9 Å². The van der Waals surface area contributed by atoms with Crippen molar-refractivity contribution in [1.82, 2.24) is 4.72 Å². The van der Waals surface area contributed by atoms with Crippen LogP contribution in [0.1, 0.15) is 25.3 Å². The molecule has 1 saturated carbocycles. The van der Waals surface area contributed by atoms with E-state index in [-0.39, 0.29) is 23.2 Å². The van der Waals surface area contributed by atoms with E-state index in [1.165, 1.54) is 12.1 Å². The minimum atomic E-state index is -3.79. The molecule has 1 unspecified atom stereocenters. The Morgan fingerprint density at radius 1 is 1.48 bits per heavy atom. The molecule has 3 N–H and O–H groups in total. The Morgan fingerprint density at radius 2 is 2.14 bits per heavy atom. The standard InChI is InChI=1S/C13H19N3O4S/c1-2-9-5-6-11(16(17)18)7-13(9)21(19,20)15-8-12(14)10-3-4-10/h5-7,10,12,15H,2-4,8,14H2,1H3. The predicted molar refractivity (Wildman–Crippen MR) is 78.4 cm³/mol. The highest BCUT2D eigenvalue weighted by Gasteiger charge is 2.30. The van der Waals surface area contributed by atoms with E-state index in [4.69, 9.17) is 5.73 Å². The summed E-state index contributed by atoms with van der Waals surface area (Å²) < 4.78 is 27.2. The minimum Gasteiger partial charge on any atom is -0.326 e. The topological polar surface area (TPSA) is 115 Å². The van der Waals surface area contributed by atoms with Gasteiger partial charge in [0, 0.05) is 24.7 Å². The molecule has 8 heteroatoms. The van der Waals surface area contributed by atoms with Crippen molar-refractivity contribution in [2.24, 2.45) is 11.7 Å². The summed E-state index contributed by atoms with van der Waals surface area (Å²) >= 11 is 0. The molecule has 0 spiro atoms. The van der Waals surface area contributed by atoms with Crippen molar-refractivity contribution >= 4 is 15.7 Å². The lowest BCUT2D eigenvalue weighted by Crippen LogP contribution is -2.38. The molecule has 1 aliphatic carbocycles. The summed E-state index contributed by atoms with van der Waals surface area (Å²) in [5.41, 5.74) is 6.19. The van der Waals surface area contributed by atoms with Crippen molar-refractivity contribution in [1.29, 1.82) is 0 Å². The van der Waals surface area contributed by atoms with E-state index in [0.717, 1.165) is 18.9 Å². The molecule has 21 heavy (non-hydrogen) atoms. The maximum Gasteiger partial charge on any atom is 0.270 e. The van der Waals surface area contributed by atoms with Gasteiger partial charge in [0.1, 0.15) is 0 Å². The van der Waals surface area contributed by atoms with Gasteiger partial charge in [-0.05, 0) is 30.7 Å². The number of nitrogens with zero attached hydrogens (tertiary/aromatic N) is 1. The Hall–Kier alpha value is -1.51. The average Bonchev–Trinajstić information content (AvgIpc) is 3.28. The maximum absolute atomic E-state index is 12.3. The first-order valence-electron chi connectivity index (χ1n) is 6.87. The summed E-state index contributed by atoms with van der Waals surface area (Å²) in [7, 11) is -3.79. The smallest absolute Gasteiger partial charge is 0.270 e. The zero-order valence-corrected chi connectivity index (χ0v) is 12.6. The number of nitro groups is 1. The zero-order chi connectivity index (χ0) is 15.6. The Bertz CT molecular complexity index is 641. The summed E-state index contributed by atoms with van der Waals surface area (Å²) in [6.45, 7) is 1.95. The molecule has 7 nitrogen and oxygen atoms in total. The van der Waals surface area contributed by atoms with Gasteiger partial charge in [0.05, 0.1) is 9.82 Å². The number of nitrogens with two attached hydrogens (primary N) is 1. The fourth-order valence-electron chi connectivity index (χ4n) is 2.17. The molecule has 0 saturated heterocycles. The fraction of sp³-hybridized carbons (Fsp3) is 0.538. The van der Waals surface area contributed by atoms with Gasteiger partial charge in [-0.3, -0.25) is 10.1 Å². The molecule has 0 bridgehead atoms. The van der Waals surface area contributed by atoms with Crippen molar-refractivity contribution in [2.45, 2.75) is 37.1 Å². The van der Waals surface area contributed by atoms with Gasteiger partial charge in [0.15, 0.2) is 0 Å². The largest absolute Gasteiger partial charge is 0.326 e. The second kappa shape index (κ2) is 6.08. The normalized spacial score (nSPS) is 16.7. The molecular formula is C13H19N3O4S. The van der Waals surface area contributed by atoms with E-state index in [1.807, 2.05) is 0 Å². The van der Waals surface area contributed by atoms with Gasteiger partial charge in [-0.25, -0.2) is 13.1 Å². The van der Waals surface area contributed by atoms with Gasteiger partial charge >= 0.3 is 0 Å². The van der Waals surface area contributed by atoms with Crippen LogP contribution in [-0.4, -0.2) is 25.9 Å². The lowest BCUT2D eigenvalue weighted by atomic mass is 10.1. The molecule has 1 atom stereocenters. The summed E-state index contributed by atoms with van der Waals surface area (Å²) in [6.07, 6.45) is 2.53. The molecule has 116 valence electrons. The number of hydrogen-bond acceptors (Lipinski definition) is 5. The molecule has 1 aliphatic rings. The van der Waals surface area contributed by atoms with E-state index in [2.05, 4.69) is 4.72 Å². The van der Waals surface area contributed by atoms with Gasteiger partial charge in [0.2, 0.25) is 10.0 Å². The van der Waals surface area contributed by atoms with Gasteiger partial charge in [0.25, 0.3) is 5.69 Å². The van der Waals surface area contributed by atoms with Crippen molar-refractivity contribution in [3.05, 3.63) is 33.9 Å². The van der Waals surface area contributed by atoms with Crippen LogP contribution < -0.4 is 10.5 Å². The third-order valence-corrected chi connectivity index (χ3v) is 5.17. The van der Waals surface area contributed by atoms with Crippen LogP contribution >= 0.6 is 0 Å². The monoisotopic (exact) mass is 313 g/mol. The third-order valence-electron chi connectivity index (χ3n) is 3.67. The number of non-ortho nitro benzene ring substituents is 1. The summed E-state index contributed by atoms with van der Waals surface area (Å²) in [4.78, 5) is 10.2. The maximum atomic E-state index is 12.3. The lowest BCUT2D eigenvalue weighted by Gasteiger charge is -2.14. The molecular weight excluding hydrogens is 294 g/mol. The van der Waals surface area contributed by atoms with Crippen LogP contribution in [0.15, 0.2) is 23.1 Å². The Labute approximate surface area is 123 Å². The zero-order valence-electron chi connectivity index (χ0n) is 11.8. The average molecular weight is 313 g/mol. The van der Waals surface area contributed by atoms with Crippen LogP contribution in [0, 0.1) is 16.0 Å². The lowest BCUT2D eigenvalue weighted by molar-refractivity contribution is -0.385. The summed E-state index contributed by atoms with van der Waals surface area (Å²) in [5, 5.41) is 10.8. The van der Waals surface area contributed by atoms with Crippen LogP contribution in [0.4, 0.5) is 5.69 Å². The molecule has 0 heterocycles. The van der Waals surface area contributed by atoms with Crippen LogP contribution in [0.2, 0.25) is 0 Å². The molecule has 1 aromatic rings. The van der Waals surface area contributed by atoms with Crippen LogP contribution in [-0.2, 0) is 16.4 Å². The summed E-state index contributed by atoms with van der Waals surface area (Å²) in [6, 6.07) is 3.69. The fourth-order valence-corrected chi connectivity index (χ4v) is 3.57. The van der Waals surface area contributed by atoms with Crippen molar-refractivity contribution in [3.8, 4) is 0 Å². The van der Waals surface area contributed by atoms with Gasteiger partial charge in [-0.15, -0.1) is 0 Å². The van der Waals surface area contributed by atoms with Gasteiger partial charge in [-0.1, -0.05) is 13.0 Å². The number of sulfonamides is 1. The SMILES string of the molecule is CCc1ccc([N+](=O)[O-])cc1S(=O)(=O)NCC(N)C1CC1. The number of hydrogen-bond donors (Lipinski definition) is 2. The van der Waals surface area contributed by atoms with E-state index in [1.54, 1.807) is 6.92 Å². The van der Waals surface area contributed by atoms with Crippen LogP contribution in [0.25, 0.3) is 0 Å². The Kier molecular flexibility index (Phi) is 4.60. The molecule has 0 aromatic heterocycles. The van der Waals surface area contributed by atoms with Gasteiger partial charge in [-0.2, -0.15) is 0 Å². The van der Waals surface area contributed by atoms with E-state index >= 15 is 0 Å². The molecule has 1 fully saturated rings. The molecule has 0 aliphatic heterocycles. The molecule has 2 rings (SSSR count). The Morgan fingerprint density at radius 3 is 2.67 bits per heavy atom. The number of benzene rings is 1. The summed E-state index contributed by atoms with van der Waals surface area (Å²) in [5.74, 6) is 0.378. The van der Waals surface area contributed by atoms with E-state index in [9.17, 15) is 18.5 Å². The van der Waals surface area contributed by atoms with Crippen molar-refractivity contribution in [3.63, 3.8) is 0 Å². The van der Waals surface area contributed by atoms with Crippen molar-refractivity contribution in [2.75, 3.05) is 6.54 Å². The molecule has 0 radical (unpaired) electrons. The number of rotatable bonds is 7. The quantitative estimate of drug-likeness (QED) is 0.579. The highest BCUT2D eigenvalue weighted by Crippen LogP contribution is 2.31. The van der Waals surface area contributed by atoms with E-state index < -0.39 is 14.9 Å². The third kappa shape index (κ3) is 3.78. The number of nitrogens with one attached hydrogen (secondary N) is 1. The first kappa shape index (κ1) is 15.9. The molecule has 1 aromatic carbocycles. The van der Waals surface area contributed by atoms with Crippen LogP contribution in [0.3, 0.4) is 0 Å². The highest BCUT2D eigenvalue weighted by atomic mass is 32.2. The van der Waals surface area contributed by atoms with Gasteiger partial charge < -0.3 is 5.73 Å². The number of nitro benzene ring substituents is 1. The first-order chi connectivity index (χ1) is 9.85. The highest BCUT2D eigenvalue weighted by molar-refractivity contribution is 7.89. The Balaban J connectivity index is 2.24. The second-order valence-corrected chi connectivity index (χ2v) is 6.99. The van der Waals surface area contributed by atoms with Crippen molar-refractivity contribution < 1.29 is 13.3 Å².